The molecule has 0 aromatic heterocycles. The van der Waals surface area contributed by atoms with Crippen molar-refractivity contribution in [1.82, 2.24) is 10.2 Å². The van der Waals surface area contributed by atoms with Crippen LogP contribution in [0.2, 0.25) is 0 Å². The lowest BCUT2D eigenvalue weighted by atomic mass is 9.79. The molecule has 172 valence electrons. The number of halogens is 3. The zero-order valence-corrected chi connectivity index (χ0v) is 17.6. The molecule has 31 heavy (non-hydrogen) atoms. The summed E-state index contributed by atoms with van der Waals surface area (Å²) in [6, 6.07) is 3.76. The second-order valence-electron chi connectivity index (χ2n) is 8.92. The average molecular weight is 442 g/mol. The molecule has 1 amide bonds. The first kappa shape index (κ1) is 22.4. The molecule has 1 aromatic carbocycles. The minimum atomic E-state index is -4.46. The van der Waals surface area contributed by atoms with Gasteiger partial charge in [-0.3, -0.25) is 4.79 Å². The van der Waals surface area contributed by atoms with Gasteiger partial charge in [-0.2, -0.15) is 13.2 Å². The summed E-state index contributed by atoms with van der Waals surface area (Å²) in [4.78, 5) is 14.9. The summed E-state index contributed by atoms with van der Waals surface area (Å²) < 4.78 is 50.3. The second-order valence-corrected chi connectivity index (χ2v) is 8.92. The second kappa shape index (κ2) is 8.60. The molecule has 2 aliphatic heterocycles. The number of aliphatic hydroxyl groups is 1. The zero-order valence-electron chi connectivity index (χ0n) is 17.6. The van der Waals surface area contributed by atoms with Crippen molar-refractivity contribution in [2.75, 3.05) is 19.9 Å². The highest BCUT2D eigenvalue weighted by Crippen LogP contribution is 2.44. The number of nitrogens with zero attached hydrogens (tertiary/aromatic N) is 1. The molecule has 2 heterocycles. The van der Waals surface area contributed by atoms with Gasteiger partial charge in [0.25, 0.3) is 0 Å². The number of aliphatic hydroxyl groups excluding tert-OH is 1. The molecule has 0 spiro atoms. The van der Waals surface area contributed by atoms with Crippen LogP contribution in [0.3, 0.4) is 0 Å². The number of rotatable bonds is 4. The number of amides is 1. The standard InChI is InChI=1S/C22H29F3N2O4/c1-14(28)21(7-4-18(11-21)26-17-5-8-30-9-6-17)20(29)27-12-15-10-16(22(23,24)25)2-3-19(15)31-13-27/h2-3,10,14,17-18,26,28H,4-9,11-13H2,1H3/t14-,18+,21-/m1/s1. The van der Waals surface area contributed by atoms with Crippen molar-refractivity contribution in [3.05, 3.63) is 29.3 Å². The lowest BCUT2D eigenvalue weighted by Crippen LogP contribution is -2.51. The molecule has 3 aliphatic rings. The maximum atomic E-state index is 13.5. The molecular weight excluding hydrogens is 413 g/mol. The number of fused-ring (bicyclic) bond motifs is 1. The number of nitrogens with one attached hydrogen (secondary N) is 1. The first-order valence-corrected chi connectivity index (χ1v) is 10.8. The van der Waals surface area contributed by atoms with Crippen molar-refractivity contribution < 1.29 is 32.5 Å². The van der Waals surface area contributed by atoms with Gasteiger partial charge >= 0.3 is 6.18 Å². The van der Waals surface area contributed by atoms with Gasteiger partial charge in [0.15, 0.2) is 6.73 Å². The maximum Gasteiger partial charge on any atom is 0.416 e. The summed E-state index contributed by atoms with van der Waals surface area (Å²) in [7, 11) is 0. The van der Waals surface area contributed by atoms with Crippen molar-refractivity contribution in [1.29, 1.82) is 0 Å². The molecule has 1 aromatic rings. The number of hydrogen-bond acceptors (Lipinski definition) is 5. The van der Waals surface area contributed by atoms with E-state index in [1.807, 2.05) is 0 Å². The molecule has 0 unspecified atom stereocenters. The highest BCUT2D eigenvalue weighted by Gasteiger charge is 2.51. The number of benzene rings is 1. The van der Waals surface area contributed by atoms with E-state index in [4.69, 9.17) is 9.47 Å². The van der Waals surface area contributed by atoms with Crippen LogP contribution in [0.25, 0.3) is 0 Å². The normalized spacial score (nSPS) is 28.2. The Morgan fingerprint density at radius 2 is 2.00 bits per heavy atom. The van der Waals surface area contributed by atoms with Crippen LogP contribution in [-0.2, 0) is 22.3 Å². The Hall–Kier alpha value is -1.84. The monoisotopic (exact) mass is 442 g/mol. The molecule has 9 heteroatoms. The van der Waals surface area contributed by atoms with Crippen LogP contribution < -0.4 is 10.1 Å². The van der Waals surface area contributed by atoms with Crippen molar-refractivity contribution in [3.63, 3.8) is 0 Å². The molecule has 3 atom stereocenters. The van der Waals surface area contributed by atoms with E-state index >= 15 is 0 Å². The topological polar surface area (TPSA) is 71.0 Å². The van der Waals surface area contributed by atoms with Crippen LogP contribution >= 0.6 is 0 Å². The molecule has 1 saturated heterocycles. The number of hydrogen-bond donors (Lipinski definition) is 2. The van der Waals surface area contributed by atoms with Crippen molar-refractivity contribution in [3.8, 4) is 5.75 Å². The number of alkyl halides is 3. The molecule has 1 aliphatic carbocycles. The quantitative estimate of drug-likeness (QED) is 0.750. The van der Waals surface area contributed by atoms with Gasteiger partial charge in [0.2, 0.25) is 5.91 Å². The van der Waals surface area contributed by atoms with Crippen LogP contribution in [0.1, 0.15) is 50.2 Å². The predicted octanol–water partition coefficient (Wildman–Crippen LogP) is 3.07. The SMILES string of the molecule is C[C@@H](O)[C@@]1(C(=O)N2COc3ccc(C(F)(F)F)cc3C2)CC[C@H](NC2CCOCC2)C1. The summed E-state index contributed by atoms with van der Waals surface area (Å²) in [5.74, 6) is 0.0930. The molecule has 6 nitrogen and oxygen atoms in total. The molecule has 0 radical (unpaired) electrons. The highest BCUT2D eigenvalue weighted by atomic mass is 19.4. The van der Waals surface area contributed by atoms with Gasteiger partial charge in [-0.1, -0.05) is 0 Å². The van der Waals surface area contributed by atoms with E-state index in [0.717, 1.165) is 44.6 Å². The van der Waals surface area contributed by atoms with Gasteiger partial charge < -0.3 is 24.8 Å². The summed E-state index contributed by atoms with van der Waals surface area (Å²) in [5.41, 5.74) is -1.41. The fourth-order valence-electron chi connectivity index (χ4n) is 5.03. The Balaban J connectivity index is 1.48. The first-order chi connectivity index (χ1) is 14.7. The van der Waals surface area contributed by atoms with Crippen molar-refractivity contribution in [2.24, 2.45) is 5.41 Å². The fourth-order valence-corrected chi connectivity index (χ4v) is 5.03. The largest absolute Gasteiger partial charge is 0.473 e. The maximum absolute atomic E-state index is 13.5. The predicted molar refractivity (Wildman–Crippen MR) is 106 cm³/mol. The van der Waals surface area contributed by atoms with E-state index < -0.39 is 23.3 Å². The molecule has 0 bridgehead atoms. The lowest BCUT2D eigenvalue weighted by molar-refractivity contribution is -0.153. The molecule has 4 rings (SSSR count). The lowest BCUT2D eigenvalue weighted by Gasteiger charge is -2.39. The third-order valence-electron chi connectivity index (χ3n) is 6.88. The first-order valence-electron chi connectivity index (χ1n) is 10.8. The van der Waals surface area contributed by atoms with Gasteiger partial charge in [-0.25, -0.2) is 0 Å². The Morgan fingerprint density at radius 1 is 1.26 bits per heavy atom. The Kier molecular flexibility index (Phi) is 6.20. The van der Waals surface area contributed by atoms with Crippen molar-refractivity contribution >= 4 is 5.91 Å². The summed E-state index contributed by atoms with van der Waals surface area (Å²) in [6.07, 6.45) is -1.71. The molecule has 1 saturated carbocycles. The summed E-state index contributed by atoms with van der Waals surface area (Å²) in [5, 5.41) is 14.2. The van der Waals surface area contributed by atoms with Gasteiger partial charge in [-0.05, 0) is 57.2 Å². The molecule has 2 fully saturated rings. The van der Waals surface area contributed by atoms with Crippen LogP contribution in [0.4, 0.5) is 13.2 Å². The van der Waals surface area contributed by atoms with E-state index in [2.05, 4.69) is 5.32 Å². The number of ether oxygens (including phenoxy) is 2. The third-order valence-corrected chi connectivity index (χ3v) is 6.88. The molecular formula is C22H29F3N2O4. The van der Waals surface area contributed by atoms with E-state index in [1.54, 1.807) is 6.92 Å². The fraction of sp³-hybridized carbons (Fsp3) is 0.682. The van der Waals surface area contributed by atoms with Crippen LogP contribution in [0.15, 0.2) is 18.2 Å². The molecule has 2 N–H and O–H groups in total. The third kappa shape index (κ3) is 4.54. The van der Waals surface area contributed by atoms with E-state index in [1.165, 1.54) is 11.0 Å². The van der Waals surface area contributed by atoms with Crippen LogP contribution in [0, 0.1) is 5.41 Å². The van der Waals surface area contributed by atoms with Crippen LogP contribution in [-0.4, -0.2) is 54.0 Å². The number of carbonyl (C=O) groups is 1. The Bertz CT molecular complexity index is 810. The zero-order chi connectivity index (χ0) is 22.2. The van der Waals surface area contributed by atoms with Gasteiger partial charge in [0, 0.05) is 30.9 Å². The Labute approximate surface area is 179 Å². The minimum Gasteiger partial charge on any atom is -0.473 e. The average Bonchev–Trinajstić information content (AvgIpc) is 3.17. The van der Waals surface area contributed by atoms with Crippen LogP contribution in [0.5, 0.6) is 5.75 Å². The Morgan fingerprint density at radius 3 is 2.68 bits per heavy atom. The van der Waals surface area contributed by atoms with Gasteiger partial charge in [-0.15, -0.1) is 0 Å². The smallest absolute Gasteiger partial charge is 0.416 e. The number of carbonyl (C=O) groups excluding carboxylic acids is 1. The summed E-state index contributed by atoms with van der Waals surface area (Å²) >= 11 is 0. The van der Waals surface area contributed by atoms with E-state index in [0.29, 0.717) is 30.2 Å². The van der Waals surface area contributed by atoms with E-state index in [9.17, 15) is 23.1 Å². The van der Waals surface area contributed by atoms with Crippen molar-refractivity contribution in [2.45, 2.75) is 69.9 Å². The highest BCUT2D eigenvalue weighted by molar-refractivity contribution is 5.84. The summed E-state index contributed by atoms with van der Waals surface area (Å²) in [6.45, 7) is 3.05. The van der Waals surface area contributed by atoms with E-state index in [-0.39, 0.29) is 25.2 Å². The minimum absolute atomic E-state index is 0.0324. The van der Waals surface area contributed by atoms with Gasteiger partial charge in [0.1, 0.15) is 5.75 Å². The van der Waals surface area contributed by atoms with Gasteiger partial charge in [0.05, 0.1) is 23.6 Å².